The number of carbonyl (C=O) groups is 2. The molecule has 5 nitrogen and oxygen atoms in total. The molecule has 0 atom stereocenters. The quantitative estimate of drug-likeness (QED) is 0.387. The van der Waals surface area contributed by atoms with E-state index in [9.17, 15) is 9.59 Å². The van der Waals surface area contributed by atoms with Crippen molar-refractivity contribution in [3.05, 3.63) is 41.1 Å². The van der Waals surface area contributed by atoms with Crippen molar-refractivity contribution < 1.29 is 14.3 Å². The predicted molar refractivity (Wildman–Crippen MR) is 70.4 cm³/mol. The topological polar surface area (TPSA) is 79.2 Å². The number of ketones is 1. The van der Waals surface area contributed by atoms with Gasteiger partial charge in [0.25, 0.3) is 5.78 Å². The number of nitrogens with one attached hydrogen (secondary N) is 1. The molecule has 0 amide bonds. The summed E-state index contributed by atoms with van der Waals surface area (Å²) in [6, 6.07) is 8.28. The van der Waals surface area contributed by atoms with Gasteiger partial charge < -0.3 is 10.1 Å². The molecule has 0 unspecified atom stereocenters. The summed E-state index contributed by atoms with van der Waals surface area (Å²) in [7, 11) is 0. The average Bonchev–Trinajstić information content (AvgIpc) is 2.41. The van der Waals surface area contributed by atoms with Gasteiger partial charge >= 0.3 is 5.97 Å². The molecular formula is C13H11ClN2O3. The Bertz CT molecular complexity index is 544. The lowest BCUT2D eigenvalue weighted by Crippen LogP contribution is -2.19. The Labute approximate surface area is 115 Å². The molecule has 0 spiro atoms. The number of hydrogen-bond acceptors (Lipinski definition) is 5. The van der Waals surface area contributed by atoms with E-state index in [1.165, 1.54) is 0 Å². The fraction of sp³-hybridized carbons (Fsp3) is 0.154. The van der Waals surface area contributed by atoms with E-state index in [0.717, 1.165) is 6.20 Å². The minimum Gasteiger partial charge on any atom is -0.460 e. The van der Waals surface area contributed by atoms with Crippen molar-refractivity contribution in [1.29, 1.82) is 5.26 Å². The summed E-state index contributed by atoms with van der Waals surface area (Å²) in [5.41, 5.74) is 0.308. The van der Waals surface area contributed by atoms with Gasteiger partial charge in [0.05, 0.1) is 6.61 Å². The van der Waals surface area contributed by atoms with E-state index in [4.69, 9.17) is 16.9 Å². The second-order valence-electron chi connectivity index (χ2n) is 3.37. The van der Waals surface area contributed by atoms with Crippen LogP contribution in [0.1, 0.15) is 6.92 Å². The Morgan fingerprint density at radius 2 is 2.05 bits per heavy atom. The number of nitrogens with zero attached hydrogens (tertiary/aromatic N) is 1. The molecule has 0 aromatic heterocycles. The zero-order valence-corrected chi connectivity index (χ0v) is 10.9. The number of halogens is 1. The lowest BCUT2D eigenvalue weighted by atomic mass is 10.2. The molecule has 0 heterocycles. The number of hydrogen-bond donors (Lipinski definition) is 1. The lowest BCUT2D eigenvalue weighted by Gasteiger charge is -2.02. The summed E-state index contributed by atoms with van der Waals surface area (Å²) in [6.07, 6.45) is 1.16. The number of carbonyl (C=O) groups excluding carboxylic acids is 2. The van der Waals surface area contributed by atoms with Crippen LogP contribution in [0.3, 0.4) is 0 Å². The van der Waals surface area contributed by atoms with Gasteiger partial charge in [0, 0.05) is 16.9 Å². The van der Waals surface area contributed by atoms with E-state index in [0.29, 0.717) is 10.7 Å². The summed E-state index contributed by atoms with van der Waals surface area (Å²) < 4.78 is 4.53. The number of esters is 1. The number of rotatable bonds is 5. The molecule has 0 radical (unpaired) electrons. The summed E-state index contributed by atoms with van der Waals surface area (Å²) in [5, 5.41) is 12.1. The molecule has 98 valence electrons. The lowest BCUT2D eigenvalue weighted by molar-refractivity contribution is -0.151. The first-order valence-electron chi connectivity index (χ1n) is 5.42. The first-order valence-corrected chi connectivity index (χ1v) is 5.80. The maximum atomic E-state index is 11.5. The fourth-order valence-electron chi connectivity index (χ4n) is 1.16. The van der Waals surface area contributed by atoms with Gasteiger partial charge in [0.1, 0.15) is 11.6 Å². The molecular weight excluding hydrogens is 268 g/mol. The molecule has 0 aliphatic rings. The average molecular weight is 279 g/mol. The van der Waals surface area contributed by atoms with E-state index < -0.39 is 11.8 Å². The Balaban J connectivity index is 2.78. The first-order chi connectivity index (χ1) is 9.08. The van der Waals surface area contributed by atoms with Gasteiger partial charge in [-0.2, -0.15) is 5.26 Å². The third kappa shape index (κ3) is 4.45. The van der Waals surface area contributed by atoms with Gasteiger partial charge in [-0.1, -0.05) is 11.6 Å². The van der Waals surface area contributed by atoms with Crippen LogP contribution in [0.25, 0.3) is 0 Å². The highest BCUT2D eigenvalue weighted by molar-refractivity contribution is 6.41. The van der Waals surface area contributed by atoms with E-state index in [1.54, 1.807) is 37.3 Å². The van der Waals surface area contributed by atoms with Crippen molar-refractivity contribution in [2.24, 2.45) is 0 Å². The van der Waals surface area contributed by atoms with Crippen molar-refractivity contribution in [3.8, 4) is 6.07 Å². The Morgan fingerprint density at radius 1 is 1.42 bits per heavy atom. The molecule has 1 rings (SSSR count). The highest BCUT2D eigenvalue weighted by Crippen LogP contribution is 2.13. The number of anilines is 1. The molecule has 0 saturated carbocycles. The first kappa shape index (κ1) is 14.7. The minimum atomic E-state index is -1.05. The van der Waals surface area contributed by atoms with E-state index in [-0.39, 0.29) is 12.2 Å². The van der Waals surface area contributed by atoms with Gasteiger partial charge in [-0.25, -0.2) is 4.79 Å². The minimum absolute atomic E-state index is 0.0773. The van der Waals surface area contributed by atoms with Crippen LogP contribution in [0.4, 0.5) is 5.69 Å². The number of Topliss-reactive ketones (excluding diaryl/α,β-unsaturated/α-hetero) is 1. The van der Waals surface area contributed by atoms with Crippen LogP contribution >= 0.6 is 11.6 Å². The molecule has 1 aromatic carbocycles. The standard InChI is InChI=1S/C13H11ClN2O3/c1-2-19-13(18)12(17)9(7-15)8-16-11-5-3-10(14)4-6-11/h3-6,8,16H,2H2,1H3/b9-8+. The van der Waals surface area contributed by atoms with E-state index in [1.807, 2.05) is 0 Å². The van der Waals surface area contributed by atoms with Gasteiger partial charge in [0.15, 0.2) is 0 Å². The van der Waals surface area contributed by atoms with Gasteiger partial charge in [-0.3, -0.25) is 4.79 Å². The Hall–Kier alpha value is -2.32. The Morgan fingerprint density at radius 3 is 2.58 bits per heavy atom. The number of benzene rings is 1. The third-order valence-electron chi connectivity index (χ3n) is 2.05. The molecule has 1 N–H and O–H groups in total. The van der Waals surface area contributed by atoms with Crippen LogP contribution in [-0.2, 0) is 14.3 Å². The summed E-state index contributed by atoms with van der Waals surface area (Å²) in [4.78, 5) is 22.7. The molecule has 6 heteroatoms. The highest BCUT2D eigenvalue weighted by Gasteiger charge is 2.19. The zero-order valence-electron chi connectivity index (χ0n) is 10.1. The zero-order chi connectivity index (χ0) is 14.3. The van der Waals surface area contributed by atoms with Crippen LogP contribution in [0.2, 0.25) is 5.02 Å². The van der Waals surface area contributed by atoms with E-state index >= 15 is 0 Å². The maximum absolute atomic E-state index is 11.5. The molecule has 0 bridgehead atoms. The molecule has 19 heavy (non-hydrogen) atoms. The van der Waals surface area contributed by atoms with Crippen molar-refractivity contribution >= 4 is 29.0 Å². The second kappa shape index (κ2) is 7.19. The van der Waals surface area contributed by atoms with Crippen molar-refractivity contribution in [3.63, 3.8) is 0 Å². The van der Waals surface area contributed by atoms with Crippen molar-refractivity contribution in [1.82, 2.24) is 0 Å². The van der Waals surface area contributed by atoms with Crippen LogP contribution in [0.5, 0.6) is 0 Å². The number of ether oxygens (including phenoxy) is 1. The maximum Gasteiger partial charge on any atom is 0.380 e. The molecule has 0 saturated heterocycles. The molecule has 0 aliphatic carbocycles. The van der Waals surface area contributed by atoms with Crippen molar-refractivity contribution in [2.75, 3.05) is 11.9 Å². The second-order valence-corrected chi connectivity index (χ2v) is 3.81. The molecule has 1 aromatic rings. The van der Waals surface area contributed by atoms with Crippen LogP contribution < -0.4 is 5.32 Å². The molecule has 0 aliphatic heterocycles. The van der Waals surface area contributed by atoms with E-state index in [2.05, 4.69) is 10.1 Å². The molecule has 0 fully saturated rings. The Kier molecular flexibility index (Phi) is 5.58. The van der Waals surface area contributed by atoms with Crippen LogP contribution in [0, 0.1) is 11.3 Å². The van der Waals surface area contributed by atoms with Gasteiger partial charge in [0.2, 0.25) is 0 Å². The monoisotopic (exact) mass is 278 g/mol. The van der Waals surface area contributed by atoms with Gasteiger partial charge in [-0.05, 0) is 31.2 Å². The van der Waals surface area contributed by atoms with Gasteiger partial charge in [-0.15, -0.1) is 0 Å². The van der Waals surface area contributed by atoms with Crippen LogP contribution in [0.15, 0.2) is 36.0 Å². The number of nitriles is 1. The summed E-state index contributed by atoms with van der Waals surface area (Å²) in [5.74, 6) is -2.03. The highest BCUT2D eigenvalue weighted by atomic mass is 35.5. The largest absolute Gasteiger partial charge is 0.460 e. The summed E-state index contributed by atoms with van der Waals surface area (Å²) >= 11 is 5.72. The smallest absolute Gasteiger partial charge is 0.380 e. The third-order valence-corrected chi connectivity index (χ3v) is 2.31. The fourth-order valence-corrected chi connectivity index (χ4v) is 1.28. The summed E-state index contributed by atoms with van der Waals surface area (Å²) in [6.45, 7) is 1.65. The normalized spacial score (nSPS) is 10.5. The van der Waals surface area contributed by atoms with Crippen molar-refractivity contribution in [2.45, 2.75) is 6.92 Å². The van der Waals surface area contributed by atoms with Crippen LogP contribution in [-0.4, -0.2) is 18.4 Å². The predicted octanol–water partition coefficient (Wildman–Crippen LogP) is 2.29. The SMILES string of the molecule is CCOC(=O)C(=O)/C(C#N)=C/Nc1ccc(Cl)cc1.